The molecule has 0 N–H and O–H groups in total. The Kier molecular flexibility index (Phi) is 6.95. The molecule has 0 heterocycles. The van der Waals surface area contributed by atoms with Crippen LogP contribution in [0.4, 0.5) is 0 Å². The van der Waals surface area contributed by atoms with Crippen molar-refractivity contribution in [3.8, 4) is 0 Å². The Labute approximate surface area is 135 Å². The Bertz CT molecular complexity index is 449. The molecule has 0 unspecified atom stereocenters. The maximum atomic E-state index is 11.7. The Morgan fingerprint density at radius 1 is 1.14 bits per heavy atom. The summed E-state index contributed by atoms with van der Waals surface area (Å²) in [6.07, 6.45) is 10.5. The molecule has 22 heavy (non-hydrogen) atoms. The van der Waals surface area contributed by atoms with E-state index >= 15 is 0 Å². The van der Waals surface area contributed by atoms with Gasteiger partial charge in [-0.25, -0.2) is 0 Å². The van der Waals surface area contributed by atoms with Crippen LogP contribution < -0.4 is 0 Å². The van der Waals surface area contributed by atoms with E-state index in [1.165, 1.54) is 56.8 Å². The van der Waals surface area contributed by atoms with Crippen molar-refractivity contribution in [2.45, 2.75) is 64.7 Å². The third-order valence-electron chi connectivity index (χ3n) is 5.00. The second-order valence-corrected chi connectivity index (χ2v) is 6.71. The molecule has 1 aliphatic rings. The molecule has 0 spiro atoms. The first-order valence-corrected chi connectivity index (χ1v) is 8.88. The monoisotopic (exact) mass is 302 g/mol. The van der Waals surface area contributed by atoms with E-state index in [1.807, 2.05) is 0 Å². The SMILES string of the molecule is CCCCc1ccc(CC[C@@H]2CCC[C@H](C(=O)OC)C2)cc1. The van der Waals surface area contributed by atoms with Crippen molar-refractivity contribution < 1.29 is 9.53 Å². The number of esters is 1. The Morgan fingerprint density at radius 2 is 1.82 bits per heavy atom. The van der Waals surface area contributed by atoms with Crippen LogP contribution in [-0.4, -0.2) is 13.1 Å². The summed E-state index contributed by atoms with van der Waals surface area (Å²) in [7, 11) is 1.51. The summed E-state index contributed by atoms with van der Waals surface area (Å²) in [5.41, 5.74) is 2.88. The molecule has 0 bridgehead atoms. The van der Waals surface area contributed by atoms with Crippen LogP contribution in [0.15, 0.2) is 24.3 Å². The van der Waals surface area contributed by atoms with Crippen LogP contribution in [0.2, 0.25) is 0 Å². The highest BCUT2D eigenvalue weighted by molar-refractivity contribution is 5.72. The smallest absolute Gasteiger partial charge is 0.308 e. The number of carbonyl (C=O) groups is 1. The van der Waals surface area contributed by atoms with Crippen molar-refractivity contribution in [2.24, 2.45) is 11.8 Å². The molecule has 1 aromatic rings. The normalized spacial score (nSPS) is 21.5. The van der Waals surface area contributed by atoms with Crippen LogP contribution in [0.1, 0.15) is 63.0 Å². The number of hydrogen-bond donors (Lipinski definition) is 0. The molecule has 0 radical (unpaired) electrons. The summed E-state index contributed by atoms with van der Waals surface area (Å²) in [6, 6.07) is 9.13. The van der Waals surface area contributed by atoms with E-state index in [0.717, 1.165) is 19.3 Å². The first-order valence-electron chi connectivity index (χ1n) is 8.88. The Morgan fingerprint density at radius 3 is 2.45 bits per heavy atom. The molecule has 122 valence electrons. The molecule has 2 nitrogen and oxygen atoms in total. The zero-order valence-electron chi connectivity index (χ0n) is 14.1. The minimum Gasteiger partial charge on any atom is -0.469 e. The van der Waals surface area contributed by atoms with Gasteiger partial charge in [-0.1, -0.05) is 50.5 Å². The Hall–Kier alpha value is -1.31. The van der Waals surface area contributed by atoms with Gasteiger partial charge in [0.25, 0.3) is 0 Å². The van der Waals surface area contributed by atoms with Crippen molar-refractivity contribution >= 4 is 5.97 Å². The quantitative estimate of drug-likeness (QED) is 0.667. The molecule has 0 aromatic heterocycles. The number of methoxy groups -OCH3 is 1. The molecule has 2 atom stereocenters. The predicted octanol–water partition coefficient (Wildman–Crippen LogP) is 4.94. The molecule has 1 aromatic carbocycles. The van der Waals surface area contributed by atoms with E-state index in [4.69, 9.17) is 4.74 Å². The van der Waals surface area contributed by atoms with E-state index in [0.29, 0.717) is 5.92 Å². The van der Waals surface area contributed by atoms with Crippen molar-refractivity contribution in [3.63, 3.8) is 0 Å². The molecule has 0 aliphatic heterocycles. The zero-order chi connectivity index (χ0) is 15.8. The lowest BCUT2D eigenvalue weighted by Crippen LogP contribution is -2.24. The van der Waals surface area contributed by atoms with Crippen molar-refractivity contribution in [2.75, 3.05) is 7.11 Å². The van der Waals surface area contributed by atoms with Gasteiger partial charge in [0.15, 0.2) is 0 Å². The summed E-state index contributed by atoms with van der Waals surface area (Å²) < 4.78 is 4.91. The van der Waals surface area contributed by atoms with Gasteiger partial charge in [0.1, 0.15) is 0 Å². The molecule has 0 amide bonds. The van der Waals surface area contributed by atoms with Gasteiger partial charge in [-0.05, 0) is 55.6 Å². The van der Waals surface area contributed by atoms with Crippen LogP contribution in [0.25, 0.3) is 0 Å². The zero-order valence-corrected chi connectivity index (χ0v) is 14.1. The fourth-order valence-electron chi connectivity index (χ4n) is 3.56. The third kappa shape index (κ3) is 5.15. The lowest BCUT2D eigenvalue weighted by Gasteiger charge is -2.27. The summed E-state index contributed by atoms with van der Waals surface area (Å²) in [4.78, 5) is 11.7. The number of ether oxygens (including phenoxy) is 1. The van der Waals surface area contributed by atoms with Gasteiger partial charge in [-0.3, -0.25) is 4.79 Å². The number of unbranched alkanes of at least 4 members (excludes halogenated alkanes) is 1. The molecule has 1 aliphatic carbocycles. The average molecular weight is 302 g/mol. The second-order valence-electron chi connectivity index (χ2n) is 6.71. The van der Waals surface area contributed by atoms with E-state index in [2.05, 4.69) is 31.2 Å². The lowest BCUT2D eigenvalue weighted by atomic mass is 9.79. The molecule has 2 rings (SSSR count). The maximum Gasteiger partial charge on any atom is 0.308 e. The second kappa shape index (κ2) is 8.97. The minimum atomic E-state index is -0.00928. The molecular weight excluding hydrogens is 272 g/mol. The number of carbonyl (C=O) groups excluding carboxylic acids is 1. The highest BCUT2D eigenvalue weighted by Crippen LogP contribution is 2.32. The summed E-state index contributed by atoms with van der Waals surface area (Å²) in [5, 5.41) is 0. The molecular formula is C20H30O2. The molecule has 2 heteroatoms. The number of rotatable bonds is 7. The molecule has 1 saturated carbocycles. The first-order chi connectivity index (χ1) is 10.7. The largest absolute Gasteiger partial charge is 0.469 e. The topological polar surface area (TPSA) is 26.3 Å². The van der Waals surface area contributed by atoms with Crippen LogP contribution in [0, 0.1) is 11.8 Å². The van der Waals surface area contributed by atoms with E-state index in [1.54, 1.807) is 0 Å². The van der Waals surface area contributed by atoms with Crippen molar-refractivity contribution in [1.82, 2.24) is 0 Å². The van der Waals surface area contributed by atoms with Crippen molar-refractivity contribution in [1.29, 1.82) is 0 Å². The summed E-state index contributed by atoms with van der Waals surface area (Å²) >= 11 is 0. The Balaban J connectivity index is 1.78. The van der Waals surface area contributed by atoms with E-state index in [9.17, 15) is 4.79 Å². The third-order valence-corrected chi connectivity index (χ3v) is 5.00. The fraction of sp³-hybridized carbons (Fsp3) is 0.650. The lowest BCUT2D eigenvalue weighted by molar-refractivity contribution is -0.147. The standard InChI is InChI=1S/C20H30O2/c1-3-4-6-16-9-11-17(12-10-16)13-14-18-7-5-8-19(15-18)20(21)22-2/h9-12,18-19H,3-8,13-15H2,1-2H3/t18-,19-/m0/s1. The minimum absolute atomic E-state index is 0.00928. The molecule has 1 fully saturated rings. The molecule has 0 saturated heterocycles. The van der Waals surface area contributed by atoms with Crippen LogP contribution in [0.5, 0.6) is 0 Å². The van der Waals surface area contributed by atoms with Gasteiger partial charge in [0.05, 0.1) is 13.0 Å². The van der Waals surface area contributed by atoms with Crippen molar-refractivity contribution in [3.05, 3.63) is 35.4 Å². The van der Waals surface area contributed by atoms with Gasteiger partial charge in [-0.2, -0.15) is 0 Å². The number of hydrogen-bond acceptors (Lipinski definition) is 2. The van der Waals surface area contributed by atoms with Gasteiger partial charge >= 0.3 is 5.97 Å². The van der Waals surface area contributed by atoms with Crippen LogP contribution in [-0.2, 0) is 22.4 Å². The van der Waals surface area contributed by atoms with Crippen LogP contribution >= 0.6 is 0 Å². The van der Waals surface area contributed by atoms with Gasteiger partial charge in [-0.15, -0.1) is 0 Å². The van der Waals surface area contributed by atoms with E-state index < -0.39 is 0 Å². The summed E-state index contributed by atoms with van der Waals surface area (Å²) in [5.74, 6) is 0.808. The highest BCUT2D eigenvalue weighted by atomic mass is 16.5. The first kappa shape index (κ1) is 17.1. The van der Waals surface area contributed by atoms with Gasteiger partial charge in [0.2, 0.25) is 0 Å². The van der Waals surface area contributed by atoms with Crippen LogP contribution in [0.3, 0.4) is 0 Å². The number of benzene rings is 1. The van der Waals surface area contributed by atoms with Gasteiger partial charge in [0, 0.05) is 0 Å². The van der Waals surface area contributed by atoms with Gasteiger partial charge < -0.3 is 4.74 Å². The average Bonchev–Trinajstić information content (AvgIpc) is 2.58. The summed E-state index contributed by atoms with van der Waals surface area (Å²) in [6.45, 7) is 2.24. The maximum absolute atomic E-state index is 11.7. The van der Waals surface area contributed by atoms with E-state index in [-0.39, 0.29) is 11.9 Å². The highest BCUT2D eigenvalue weighted by Gasteiger charge is 2.27. The fourth-order valence-corrected chi connectivity index (χ4v) is 3.56. The predicted molar refractivity (Wildman–Crippen MR) is 90.8 cm³/mol. The number of aryl methyl sites for hydroxylation is 2.